The molecule has 0 unspecified atom stereocenters. The maximum Gasteiger partial charge on any atom is 0.354 e. The third-order valence-corrected chi connectivity index (χ3v) is 5.38. The van der Waals surface area contributed by atoms with Crippen molar-refractivity contribution in [2.24, 2.45) is 0 Å². The Kier molecular flexibility index (Phi) is 5.16. The number of pyridine rings is 1. The van der Waals surface area contributed by atoms with Crippen LogP contribution in [0.25, 0.3) is 0 Å². The minimum absolute atomic E-state index is 0.102. The van der Waals surface area contributed by atoms with Crippen LogP contribution in [0.5, 0.6) is 0 Å². The van der Waals surface area contributed by atoms with E-state index in [4.69, 9.17) is 5.11 Å². The van der Waals surface area contributed by atoms with Gasteiger partial charge in [-0.3, -0.25) is 4.90 Å². The van der Waals surface area contributed by atoms with Crippen molar-refractivity contribution in [2.45, 2.75) is 56.9 Å². The average molecular weight is 317 g/mol. The van der Waals surface area contributed by atoms with Gasteiger partial charge in [0.25, 0.3) is 0 Å². The van der Waals surface area contributed by atoms with Crippen molar-refractivity contribution in [2.75, 3.05) is 25.0 Å². The van der Waals surface area contributed by atoms with Crippen LogP contribution in [-0.4, -0.2) is 46.1 Å². The normalized spacial score (nSPS) is 21.7. The van der Waals surface area contributed by atoms with Gasteiger partial charge in [0, 0.05) is 12.1 Å². The zero-order valence-electron chi connectivity index (χ0n) is 13.8. The molecule has 1 saturated carbocycles. The van der Waals surface area contributed by atoms with Crippen molar-refractivity contribution < 1.29 is 9.90 Å². The highest BCUT2D eigenvalue weighted by Crippen LogP contribution is 2.35. The van der Waals surface area contributed by atoms with E-state index in [0.717, 1.165) is 6.54 Å². The van der Waals surface area contributed by atoms with Crippen molar-refractivity contribution in [1.29, 1.82) is 0 Å². The Hall–Kier alpha value is -1.62. The largest absolute Gasteiger partial charge is 0.477 e. The number of carbonyl (C=O) groups is 1. The second-order valence-corrected chi connectivity index (χ2v) is 6.90. The summed E-state index contributed by atoms with van der Waals surface area (Å²) in [6.45, 7) is 3.26. The van der Waals surface area contributed by atoms with Gasteiger partial charge in [0.1, 0.15) is 5.82 Å². The number of nitrogens with one attached hydrogen (secondary N) is 1. The Balaban J connectivity index is 1.71. The van der Waals surface area contributed by atoms with E-state index in [1.54, 1.807) is 6.07 Å². The zero-order chi connectivity index (χ0) is 16.1. The summed E-state index contributed by atoms with van der Waals surface area (Å²) in [5.41, 5.74) is 0.324. The van der Waals surface area contributed by atoms with Gasteiger partial charge in [-0.05, 0) is 50.9 Å². The van der Waals surface area contributed by atoms with Crippen molar-refractivity contribution in [3.8, 4) is 0 Å². The molecule has 1 aromatic rings. The lowest BCUT2D eigenvalue weighted by Crippen LogP contribution is -2.56. The number of rotatable bonds is 5. The maximum absolute atomic E-state index is 11.1. The molecule has 2 N–H and O–H groups in total. The topological polar surface area (TPSA) is 65.5 Å². The van der Waals surface area contributed by atoms with Crippen LogP contribution in [0.15, 0.2) is 18.2 Å². The zero-order valence-corrected chi connectivity index (χ0v) is 13.8. The Morgan fingerprint density at radius 1 is 1.13 bits per heavy atom. The lowest BCUT2D eigenvalue weighted by Gasteiger charge is -2.48. The molecule has 1 aliphatic carbocycles. The number of anilines is 1. The van der Waals surface area contributed by atoms with Crippen molar-refractivity contribution in [3.63, 3.8) is 0 Å². The fraction of sp³-hybridized carbons (Fsp3) is 0.667. The molecule has 3 rings (SSSR count). The molecule has 5 nitrogen and oxygen atoms in total. The Morgan fingerprint density at radius 2 is 1.83 bits per heavy atom. The Labute approximate surface area is 138 Å². The van der Waals surface area contributed by atoms with Gasteiger partial charge in [-0.2, -0.15) is 0 Å². The van der Waals surface area contributed by atoms with E-state index in [-0.39, 0.29) is 11.2 Å². The van der Waals surface area contributed by atoms with Crippen LogP contribution < -0.4 is 5.32 Å². The van der Waals surface area contributed by atoms with Gasteiger partial charge in [0.05, 0.1) is 0 Å². The highest BCUT2D eigenvalue weighted by Gasteiger charge is 2.38. The standard InChI is InChI=1S/C18H27N3O2/c22-17(23)15-8-7-9-16(20-15)19-14-18(10-3-1-4-11-18)21-12-5-2-6-13-21/h7-9H,1-6,10-14H2,(H,19,20)(H,22,23). The number of hydrogen-bond acceptors (Lipinski definition) is 4. The molecule has 5 heteroatoms. The van der Waals surface area contributed by atoms with E-state index >= 15 is 0 Å². The Morgan fingerprint density at radius 3 is 2.52 bits per heavy atom. The molecule has 126 valence electrons. The lowest BCUT2D eigenvalue weighted by atomic mass is 9.79. The molecule has 0 atom stereocenters. The third-order valence-electron chi connectivity index (χ3n) is 5.38. The number of likely N-dealkylation sites (tertiary alicyclic amines) is 1. The Bertz CT molecular complexity index is 535. The first-order valence-electron chi connectivity index (χ1n) is 8.89. The van der Waals surface area contributed by atoms with Crippen molar-refractivity contribution in [3.05, 3.63) is 23.9 Å². The van der Waals surface area contributed by atoms with Crippen molar-refractivity contribution >= 4 is 11.8 Å². The summed E-state index contributed by atoms with van der Waals surface area (Å²) in [4.78, 5) is 18.0. The molecule has 1 saturated heterocycles. The number of aromatic carboxylic acids is 1. The molecule has 1 aliphatic heterocycles. The maximum atomic E-state index is 11.1. The minimum atomic E-state index is -0.975. The summed E-state index contributed by atoms with van der Waals surface area (Å²) in [7, 11) is 0. The first kappa shape index (κ1) is 16.2. The summed E-state index contributed by atoms with van der Waals surface area (Å²) in [6, 6.07) is 5.15. The smallest absolute Gasteiger partial charge is 0.354 e. The van der Waals surface area contributed by atoms with Gasteiger partial charge < -0.3 is 10.4 Å². The minimum Gasteiger partial charge on any atom is -0.477 e. The molecular formula is C18H27N3O2. The van der Waals surface area contributed by atoms with Gasteiger partial charge >= 0.3 is 5.97 Å². The molecular weight excluding hydrogens is 290 g/mol. The molecule has 0 bridgehead atoms. The number of hydrogen-bond donors (Lipinski definition) is 2. The van der Waals surface area contributed by atoms with E-state index in [9.17, 15) is 4.79 Å². The second kappa shape index (κ2) is 7.30. The van der Waals surface area contributed by atoms with Crippen LogP contribution in [0.1, 0.15) is 61.9 Å². The molecule has 0 radical (unpaired) electrons. The average Bonchev–Trinajstić information content (AvgIpc) is 2.62. The van der Waals surface area contributed by atoms with E-state index in [1.165, 1.54) is 70.5 Å². The predicted molar refractivity (Wildman–Crippen MR) is 90.9 cm³/mol. The number of nitrogens with zero attached hydrogens (tertiary/aromatic N) is 2. The summed E-state index contributed by atoms with van der Waals surface area (Å²) in [6.07, 6.45) is 10.3. The van der Waals surface area contributed by atoms with Gasteiger partial charge in [-0.1, -0.05) is 31.7 Å². The molecule has 23 heavy (non-hydrogen) atoms. The number of carboxylic acid groups (broad SMARTS) is 1. The number of aromatic nitrogens is 1. The number of piperidine rings is 1. The third kappa shape index (κ3) is 3.83. The fourth-order valence-electron chi connectivity index (χ4n) is 4.09. The molecule has 1 aromatic heterocycles. The second-order valence-electron chi connectivity index (χ2n) is 6.90. The predicted octanol–water partition coefficient (Wildman–Crippen LogP) is 3.38. The van der Waals surface area contributed by atoms with Gasteiger partial charge in [0.15, 0.2) is 5.69 Å². The van der Waals surface area contributed by atoms with E-state index in [1.807, 2.05) is 6.07 Å². The van der Waals surface area contributed by atoms with Gasteiger partial charge in [-0.25, -0.2) is 9.78 Å². The molecule has 2 heterocycles. The molecule has 2 aliphatic rings. The van der Waals surface area contributed by atoms with Crippen LogP contribution in [-0.2, 0) is 0 Å². The number of carboxylic acids is 1. The summed E-state index contributed by atoms with van der Waals surface area (Å²) < 4.78 is 0. The molecule has 0 aromatic carbocycles. The van der Waals surface area contributed by atoms with Gasteiger partial charge in [0.2, 0.25) is 0 Å². The first-order chi connectivity index (χ1) is 11.2. The highest BCUT2D eigenvalue weighted by atomic mass is 16.4. The quantitative estimate of drug-likeness (QED) is 0.871. The van der Waals surface area contributed by atoms with Crippen LogP contribution in [0, 0.1) is 0 Å². The summed E-state index contributed by atoms with van der Waals surface area (Å²) in [5, 5.41) is 12.5. The molecule has 2 fully saturated rings. The monoisotopic (exact) mass is 317 g/mol. The van der Waals surface area contributed by atoms with Crippen LogP contribution in [0.2, 0.25) is 0 Å². The fourth-order valence-corrected chi connectivity index (χ4v) is 4.09. The van der Waals surface area contributed by atoms with Crippen LogP contribution >= 0.6 is 0 Å². The van der Waals surface area contributed by atoms with E-state index in [2.05, 4.69) is 15.2 Å². The molecule has 0 amide bonds. The highest BCUT2D eigenvalue weighted by molar-refractivity contribution is 5.85. The SMILES string of the molecule is O=C(O)c1cccc(NCC2(N3CCCCC3)CCCCC2)n1. The summed E-state index contributed by atoms with van der Waals surface area (Å²) >= 11 is 0. The van der Waals surface area contributed by atoms with E-state index in [0.29, 0.717) is 5.82 Å². The summed E-state index contributed by atoms with van der Waals surface area (Å²) in [5.74, 6) is -0.302. The first-order valence-corrected chi connectivity index (χ1v) is 8.89. The van der Waals surface area contributed by atoms with Gasteiger partial charge in [-0.15, -0.1) is 0 Å². The van der Waals surface area contributed by atoms with E-state index < -0.39 is 5.97 Å². The lowest BCUT2D eigenvalue weighted by molar-refractivity contribution is 0.0437. The van der Waals surface area contributed by atoms with Crippen molar-refractivity contribution in [1.82, 2.24) is 9.88 Å². The molecule has 0 spiro atoms. The van der Waals surface area contributed by atoms with Crippen LogP contribution in [0.3, 0.4) is 0 Å². The van der Waals surface area contributed by atoms with Crippen LogP contribution in [0.4, 0.5) is 5.82 Å².